The summed E-state index contributed by atoms with van der Waals surface area (Å²) in [6.07, 6.45) is 2.13. The second-order valence-electron chi connectivity index (χ2n) is 6.70. The number of fused-ring (bicyclic) bond motifs is 1. The SMILES string of the molecule is COc1cccc(-n2c(SCC(=O)N3CCCC3)nc3n[nH]c(C)c3c2=N)c1. The van der Waals surface area contributed by atoms with E-state index in [1.54, 1.807) is 11.7 Å². The molecular formula is C19H22N6O2S. The summed E-state index contributed by atoms with van der Waals surface area (Å²) in [5, 5.41) is 17.1. The Bertz CT molecular complexity index is 1080. The zero-order valence-corrected chi connectivity index (χ0v) is 16.7. The van der Waals surface area contributed by atoms with Gasteiger partial charge in [0.25, 0.3) is 0 Å². The van der Waals surface area contributed by atoms with Crippen LogP contribution in [0.3, 0.4) is 0 Å². The standard InChI is InChI=1S/C19H22N6O2S/c1-12-16-17(20)25(13-6-5-7-14(10-13)27-2)19(21-18(16)23-22-12)28-11-15(26)24-8-3-4-9-24/h5-7,10,20H,3-4,8-9,11H2,1-2H3,(H,22,23). The maximum Gasteiger partial charge on any atom is 0.233 e. The third-order valence-corrected chi connectivity index (χ3v) is 5.80. The average molecular weight is 398 g/mol. The summed E-state index contributed by atoms with van der Waals surface area (Å²) in [6, 6.07) is 7.48. The number of aromatic nitrogens is 4. The molecule has 9 heteroatoms. The molecule has 8 nitrogen and oxygen atoms in total. The number of carbonyl (C=O) groups is 1. The molecule has 0 saturated carbocycles. The van der Waals surface area contributed by atoms with E-state index in [9.17, 15) is 4.79 Å². The van der Waals surface area contributed by atoms with Crippen LogP contribution in [0, 0.1) is 12.3 Å². The number of H-pyrrole nitrogens is 1. The van der Waals surface area contributed by atoms with E-state index in [2.05, 4.69) is 15.2 Å². The van der Waals surface area contributed by atoms with Gasteiger partial charge in [0.05, 0.1) is 23.9 Å². The second-order valence-corrected chi connectivity index (χ2v) is 7.65. The lowest BCUT2D eigenvalue weighted by atomic mass is 10.2. The number of likely N-dealkylation sites (tertiary alicyclic amines) is 1. The molecular weight excluding hydrogens is 376 g/mol. The van der Waals surface area contributed by atoms with Crippen LogP contribution in [0.15, 0.2) is 29.4 Å². The Morgan fingerprint density at radius 1 is 1.36 bits per heavy atom. The number of ether oxygens (including phenoxy) is 1. The maximum absolute atomic E-state index is 12.5. The molecule has 4 rings (SSSR count). The Morgan fingerprint density at radius 3 is 2.89 bits per heavy atom. The lowest BCUT2D eigenvalue weighted by Gasteiger charge is -2.17. The number of nitrogens with zero attached hydrogens (tertiary/aromatic N) is 4. The molecule has 1 saturated heterocycles. The van der Waals surface area contributed by atoms with Crippen LogP contribution in [0.4, 0.5) is 0 Å². The van der Waals surface area contributed by atoms with Gasteiger partial charge in [-0.3, -0.25) is 19.9 Å². The van der Waals surface area contributed by atoms with Gasteiger partial charge in [0, 0.05) is 24.8 Å². The van der Waals surface area contributed by atoms with Crippen molar-refractivity contribution in [3.63, 3.8) is 0 Å². The van der Waals surface area contributed by atoms with Crippen molar-refractivity contribution in [2.24, 2.45) is 0 Å². The van der Waals surface area contributed by atoms with Crippen LogP contribution in [0.2, 0.25) is 0 Å². The summed E-state index contributed by atoms with van der Waals surface area (Å²) >= 11 is 1.33. The molecule has 1 aromatic carbocycles. The molecule has 1 amide bonds. The molecule has 3 aromatic rings. The molecule has 1 aliphatic rings. The van der Waals surface area contributed by atoms with Crippen LogP contribution in [-0.2, 0) is 4.79 Å². The molecule has 3 heterocycles. The first-order chi connectivity index (χ1) is 13.6. The summed E-state index contributed by atoms with van der Waals surface area (Å²) in [6.45, 7) is 3.52. The highest BCUT2D eigenvalue weighted by atomic mass is 32.2. The van der Waals surface area contributed by atoms with E-state index in [-0.39, 0.29) is 17.1 Å². The zero-order valence-electron chi connectivity index (χ0n) is 15.9. The first-order valence-electron chi connectivity index (χ1n) is 9.16. The van der Waals surface area contributed by atoms with Gasteiger partial charge in [-0.2, -0.15) is 5.10 Å². The Hall–Kier alpha value is -2.81. The summed E-state index contributed by atoms with van der Waals surface area (Å²) in [4.78, 5) is 19.0. The largest absolute Gasteiger partial charge is 0.497 e. The monoisotopic (exact) mass is 398 g/mol. The Balaban J connectivity index is 1.77. The van der Waals surface area contributed by atoms with Crippen molar-refractivity contribution < 1.29 is 9.53 Å². The number of thioether (sulfide) groups is 1. The van der Waals surface area contributed by atoms with Gasteiger partial charge < -0.3 is 9.64 Å². The number of carbonyl (C=O) groups excluding carboxylic acids is 1. The highest BCUT2D eigenvalue weighted by molar-refractivity contribution is 7.99. The third-order valence-electron chi connectivity index (χ3n) is 4.88. The highest BCUT2D eigenvalue weighted by Crippen LogP contribution is 2.24. The fraction of sp³-hybridized carbons (Fsp3) is 0.368. The van der Waals surface area contributed by atoms with E-state index < -0.39 is 0 Å². The van der Waals surface area contributed by atoms with Crippen molar-refractivity contribution in [3.05, 3.63) is 35.4 Å². The summed E-state index contributed by atoms with van der Waals surface area (Å²) < 4.78 is 7.08. The van der Waals surface area contributed by atoms with Gasteiger partial charge in [-0.25, -0.2) is 4.98 Å². The molecule has 28 heavy (non-hydrogen) atoms. The van der Waals surface area contributed by atoms with Crippen LogP contribution in [0.1, 0.15) is 18.5 Å². The van der Waals surface area contributed by atoms with E-state index >= 15 is 0 Å². The number of aryl methyl sites for hydroxylation is 1. The zero-order chi connectivity index (χ0) is 19.7. The molecule has 1 aliphatic heterocycles. The summed E-state index contributed by atoms with van der Waals surface area (Å²) in [7, 11) is 1.61. The fourth-order valence-electron chi connectivity index (χ4n) is 3.40. The van der Waals surface area contributed by atoms with E-state index in [0.717, 1.165) is 37.3 Å². The van der Waals surface area contributed by atoms with Crippen LogP contribution < -0.4 is 10.2 Å². The molecule has 0 spiro atoms. The Kier molecular flexibility index (Phi) is 5.08. The fourth-order valence-corrected chi connectivity index (χ4v) is 4.31. The quantitative estimate of drug-likeness (QED) is 0.507. The van der Waals surface area contributed by atoms with Crippen LogP contribution in [-0.4, -0.2) is 56.5 Å². The van der Waals surface area contributed by atoms with Gasteiger partial charge >= 0.3 is 0 Å². The van der Waals surface area contributed by atoms with Crippen molar-refractivity contribution in [1.29, 1.82) is 5.41 Å². The predicted octanol–water partition coefficient (Wildman–Crippen LogP) is 2.26. The van der Waals surface area contributed by atoms with E-state index in [1.807, 2.05) is 36.1 Å². The number of hydrogen-bond donors (Lipinski definition) is 2. The van der Waals surface area contributed by atoms with Crippen LogP contribution in [0.5, 0.6) is 5.75 Å². The number of aromatic amines is 1. The Labute approximate surface area is 166 Å². The normalized spacial score (nSPS) is 14.0. The maximum atomic E-state index is 12.5. The van der Waals surface area contributed by atoms with Gasteiger partial charge in [0.2, 0.25) is 5.91 Å². The van der Waals surface area contributed by atoms with Gasteiger partial charge in [-0.1, -0.05) is 17.8 Å². The highest BCUT2D eigenvalue weighted by Gasteiger charge is 2.20. The van der Waals surface area contributed by atoms with E-state index in [0.29, 0.717) is 21.9 Å². The van der Waals surface area contributed by atoms with E-state index in [1.165, 1.54) is 11.8 Å². The molecule has 2 N–H and O–H groups in total. The van der Waals surface area contributed by atoms with Gasteiger partial charge in [-0.15, -0.1) is 0 Å². The summed E-state index contributed by atoms with van der Waals surface area (Å²) in [5.74, 6) is 1.08. The Morgan fingerprint density at radius 2 is 2.14 bits per heavy atom. The summed E-state index contributed by atoms with van der Waals surface area (Å²) in [5.41, 5.74) is 2.31. The van der Waals surface area contributed by atoms with Crippen LogP contribution >= 0.6 is 11.8 Å². The smallest absolute Gasteiger partial charge is 0.233 e. The number of hydrogen-bond acceptors (Lipinski definition) is 6. The van der Waals surface area contributed by atoms with Crippen molar-refractivity contribution in [2.45, 2.75) is 24.9 Å². The van der Waals surface area contributed by atoms with Crippen molar-refractivity contribution in [1.82, 2.24) is 24.6 Å². The molecule has 146 valence electrons. The molecule has 0 bridgehead atoms. The van der Waals surface area contributed by atoms with Gasteiger partial charge in [0.15, 0.2) is 10.8 Å². The molecule has 0 radical (unpaired) electrons. The number of amides is 1. The first kappa shape index (κ1) is 18.5. The lowest BCUT2D eigenvalue weighted by Crippen LogP contribution is -2.29. The average Bonchev–Trinajstić information content (AvgIpc) is 3.36. The first-order valence-corrected chi connectivity index (χ1v) is 10.1. The topological polar surface area (TPSA) is 99.9 Å². The number of nitrogens with one attached hydrogen (secondary N) is 2. The second kappa shape index (κ2) is 7.67. The van der Waals surface area contributed by atoms with Crippen molar-refractivity contribution in [3.8, 4) is 11.4 Å². The predicted molar refractivity (Wildman–Crippen MR) is 107 cm³/mol. The van der Waals surface area contributed by atoms with Crippen molar-refractivity contribution >= 4 is 28.7 Å². The van der Waals surface area contributed by atoms with Gasteiger partial charge in [-0.05, 0) is 31.9 Å². The molecule has 0 unspecified atom stereocenters. The minimum atomic E-state index is 0.103. The minimum absolute atomic E-state index is 0.103. The minimum Gasteiger partial charge on any atom is -0.497 e. The number of methoxy groups -OCH3 is 1. The van der Waals surface area contributed by atoms with Crippen LogP contribution in [0.25, 0.3) is 16.7 Å². The third kappa shape index (κ3) is 3.37. The molecule has 0 atom stereocenters. The lowest BCUT2D eigenvalue weighted by molar-refractivity contribution is -0.127. The molecule has 2 aromatic heterocycles. The van der Waals surface area contributed by atoms with E-state index in [4.69, 9.17) is 10.1 Å². The number of benzene rings is 1. The van der Waals surface area contributed by atoms with Crippen molar-refractivity contribution in [2.75, 3.05) is 26.0 Å². The number of rotatable bonds is 5. The van der Waals surface area contributed by atoms with Gasteiger partial charge in [0.1, 0.15) is 11.2 Å². The molecule has 1 fully saturated rings. The molecule has 0 aliphatic carbocycles.